The Morgan fingerprint density at radius 1 is 1.50 bits per heavy atom. The zero-order valence-corrected chi connectivity index (χ0v) is 6.67. The van der Waals surface area contributed by atoms with Crippen molar-refractivity contribution in [3.63, 3.8) is 0 Å². The van der Waals surface area contributed by atoms with Gasteiger partial charge in [-0.1, -0.05) is 25.5 Å². The van der Waals surface area contributed by atoms with E-state index in [0.29, 0.717) is 6.42 Å². The molecule has 0 aromatic heterocycles. The highest BCUT2D eigenvalue weighted by Gasteiger charge is 2.19. The van der Waals surface area contributed by atoms with Crippen molar-refractivity contribution in [2.75, 3.05) is 6.61 Å². The number of hydrogen-bond acceptors (Lipinski definition) is 2. The highest BCUT2D eigenvalue weighted by Crippen LogP contribution is 2.13. The second-order valence-corrected chi connectivity index (χ2v) is 2.51. The largest absolute Gasteiger partial charge is 0.393 e. The van der Waals surface area contributed by atoms with Gasteiger partial charge in [0.05, 0.1) is 6.61 Å². The van der Waals surface area contributed by atoms with Crippen LogP contribution in [0, 0.1) is 0 Å². The summed E-state index contributed by atoms with van der Waals surface area (Å²) in [6.07, 6.45) is 4.89. The molecule has 0 fully saturated rings. The predicted molar refractivity (Wildman–Crippen MR) is 41.8 cm³/mol. The van der Waals surface area contributed by atoms with Gasteiger partial charge in [0.15, 0.2) is 0 Å². The van der Waals surface area contributed by atoms with Crippen molar-refractivity contribution in [1.82, 2.24) is 0 Å². The van der Waals surface area contributed by atoms with Crippen LogP contribution in [0.2, 0.25) is 0 Å². The normalized spacial score (nSPS) is 17.6. The van der Waals surface area contributed by atoms with Crippen LogP contribution in [0.1, 0.15) is 26.7 Å². The average Bonchev–Trinajstić information content (AvgIpc) is 1.89. The summed E-state index contributed by atoms with van der Waals surface area (Å²) >= 11 is 0. The standard InChI is InChI=1S/C8H16O2/c1-3-5-8(10,7-9)6-4-2/h3,5,9-10H,4,6-7H2,1-2H3/b5-3+. The Kier molecular flexibility index (Phi) is 4.32. The van der Waals surface area contributed by atoms with E-state index >= 15 is 0 Å². The molecule has 10 heavy (non-hydrogen) atoms. The summed E-state index contributed by atoms with van der Waals surface area (Å²) in [5, 5.41) is 18.2. The summed E-state index contributed by atoms with van der Waals surface area (Å²) < 4.78 is 0. The highest BCUT2D eigenvalue weighted by molar-refractivity contribution is 4.98. The lowest BCUT2D eigenvalue weighted by atomic mass is 9.99. The number of hydrogen-bond donors (Lipinski definition) is 2. The van der Waals surface area contributed by atoms with Crippen molar-refractivity contribution >= 4 is 0 Å². The van der Waals surface area contributed by atoms with Crippen molar-refractivity contribution in [3.05, 3.63) is 12.2 Å². The molecular formula is C8H16O2. The van der Waals surface area contributed by atoms with E-state index in [2.05, 4.69) is 0 Å². The van der Waals surface area contributed by atoms with E-state index in [1.807, 2.05) is 13.8 Å². The molecule has 2 heteroatoms. The Hall–Kier alpha value is -0.340. The monoisotopic (exact) mass is 144 g/mol. The maximum atomic E-state index is 9.48. The number of aliphatic hydroxyl groups is 2. The molecule has 0 spiro atoms. The van der Waals surface area contributed by atoms with Gasteiger partial charge >= 0.3 is 0 Å². The molecule has 0 rings (SSSR count). The van der Waals surface area contributed by atoms with Gasteiger partial charge in [0.1, 0.15) is 5.60 Å². The first-order valence-electron chi connectivity index (χ1n) is 3.65. The first-order chi connectivity index (χ1) is 4.68. The van der Waals surface area contributed by atoms with Crippen LogP contribution in [0.5, 0.6) is 0 Å². The van der Waals surface area contributed by atoms with Gasteiger partial charge in [-0.05, 0) is 13.3 Å². The quantitative estimate of drug-likeness (QED) is 0.580. The van der Waals surface area contributed by atoms with E-state index in [0.717, 1.165) is 6.42 Å². The van der Waals surface area contributed by atoms with Crippen molar-refractivity contribution in [2.45, 2.75) is 32.3 Å². The first kappa shape index (κ1) is 9.66. The Morgan fingerprint density at radius 2 is 2.10 bits per heavy atom. The molecular weight excluding hydrogens is 128 g/mol. The summed E-state index contributed by atoms with van der Waals surface area (Å²) in [5.74, 6) is 0. The lowest BCUT2D eigenvalue weighted by molar-refractivity contribution is 0.0197. The zero-order valence-electron chi connectivity index (χ0n) is 6.67. The van der Waals surface area contributed by atoms with Crippen molar-refractivity contribution < 1.29 is 10.2 Å². The lowest BCUT2D eigenvalue weighted by Crippen LogP contribution is -2.30. The van der Waals surface area contributed by atoms with Gasteiger partial charge in [-0.25, -0.2) is 0 Å². The topological polar surface area (TPSA) is 40.5 Å². The summed E-state index contributed by atoms with van der Waals surface area (Å²) in [6, 6.07) is 0. The predicted octanol–water partition coefficient (Wildman–Crippen LogP) is 1.09. The minimum atomic E-state index is -0.983. The molecule has 2 nitrogen and oxygen atoms in total. The molecule has 2 N–H and O–H groups in total. The molecule has 0 bridgehead atoms. The molecule has 0 saturated heterocycles. The van der Waals surface area contributed by atoms with Crippen LogP contribution in [0.4, 0.5) is 0 Å². The Bertz CT molecular complexity index is 110. The second kappa shape index (κ2) is 4.47. The van der Waals surface area contributed by atoms with E-state index in [-0.39, 0.29) is 6.61 Å². The molecule has 0 aliphatic carbocycles. The molecule has 60 valence electrons. The minimum Gasteiger partial charge on any atom is -0.393 e. The first-order valence-corrected chi connectivity index (χ1v) is 3.65. The van der Waals surface area contributed by atoms with Gasteiger partial charge in [-0.15, -0.1) is 0 Å². The van der Waals surface area contributed by atoms with E-state index in [9.17, 15) is 5.11 Å². The number of allylic oxidation sites excluding steroid dienone is 1. The van der Waals surface area contributed by atoms with E-state index < -0.39 is 5.60 Å². The van der Waals surface area contributed by atoms with Gasteiger partial charge in [0.2, 0.25) is 0 Å². The third-order valence-electron chi connectivity index (χ3n) is 1.43. The number of aliphatic hydroxyl groups excluding tert-OH is 1. The molecule has 0 saturated carbocycles. The zero-order chi connectivity index (χ0) is 8.04. The van der Waals surface area contributed by atoms with Crippen LogP contribution >= 0.6 is 0 Å². The fourth-order valence-electron chi connectivity index (χ4n) is 0.958. The van der Waals surface area contributed by atoms with E-state index in [1.165, 1.54) is 0 Å². The summed E-state index contributed by atoms with van der Waals surface area (Å²) in [5.41, 5.74) is -0.983. The molecule has 1 atom stereocenters. The van der Waals surface area contributed by atoms with Gasteiger partial charge < -0.3 is 10.2 Å². The van der Waals surface area contributed by atoms with Gasteiger partial charge in [0, 0.05) is 0 Å². The van der Waals surface area contributed by atoms with Crippen LogP contribution in [-0.2, 0) is 0 Å². The smallest absolute Gasteiger partial charge is 0.106 e. The maximum Gasteiger partial charge on any atom is 0.106 e. The molecule has 0 amide bonds. The van der Waals surface area contributed by atoms with Crippen molar-refractivity contribution in [2.24, 2.45) is 0 Å². The molecule has 1 unspecified atom stereocenters. The Balaban J connectivity index is 3.94. The van der Waals surface area contributed by atoms with Crippen LogP contribution in [0.3, 0.4) is 0 Å². The van der Waals surface area contributed by atoms with E-state index in [1.54, 1.807) is 12.2 Å². The Morgan fingerprint density at radius 3 is 2.40 bits per heavy atom. The summed E-state index contributed by atoms with van der Waals surface area (Å²) in [6.45, 7) is 3.62. The molecule has 0 aromatic carbocycles. The van der Waals surface area contributed by atoms with Crippen LogP contribution in [-0.4, -0.2) is 22.4 Å². The highest BCUT2D eigenvalue weighted by atomic mass is 16.3. The molecule has 0 aliphatic heterocycles. The maximum absolute atomic E-state index is 9.48. The summed E-state index contributed by atoms with van der Waals surface area (Å²) in [7, 11) is 0. The van der Waals surface area contributed by atoms with Crippen LogP contribution in [0.15, 0.2) is 12.2 Å². The van der Waals surface area contributed by atoms with Crippen molar-refractivity contribution in [1.29, 1.82) is 0 Å². The third-order valence-corrected chi connectivity index (χ3v) is 1.43. The van der Waals surface area contributed by atoms with Crippen molar-refractivity contribution in [3.8, 4) is 0 Å². The number of rotatable bonds is 4. The molecule has 0 aliphatic rings. The molecule has 0 aromatic rings. The SMILES string of the molecule is C/C=C/C(O)(CO)CCC. The van der Waals surface area contributed by atoms with Crippen LogP contribution in [0.25, 0.3) is 0 Å². The van der Waals surface area contributed by atoms with E-state index in [4.69, 9.17) is 5.11 Å². The molecule has 0 heterocycles. The van der Waals surface area contributed by atoms with Gasteiger partial charge in [-0.3, -0.25) is 0 Å². The third kappa shape index (κ3) is 2.99. The van der Waals surface area contributed by atoms with Gasteiger partial charge in [0.25, 0.3) is 0 Å². The lowest BCUT2D eigenvalue weighted by Gasteiger charge is -2.20. The minimum absolute atomic E-state index is 0.189. The fraction of sp³-hybridized carbons (Fsp3) is 0.750. The molecule has 0 radical (unpaired) electrons. The fourth-order valence-corrected chi connectivity index (χ4v) is 0.958. The average molecular weight is 144 g/mol. The van der Waals surface area contributed by atoms with Gasteiger partial charge in [-0.2, -0.15) is 0 Å². The second-order valence-electron chi connectivity index (χ2n) is 2.51. The Labute approximate surface area is 62.2 Å². The van der Waals surface area contributed by atoms with Crippen LogP contribution < -0.4 is 0 Å². The summed E-state index contributed by atoms with van der Waals surface area (Å²) in [4.78, 5) is 0.